The maximum absolute atomic E-state index is 12.9. The summed E-state index contributed by atoms with van der Waals surface area (Å²) in [6.45, 7) is 21.3. The second kappa shape index (κ2) is 27.8. The largest absolute Gasteiger partial charge is 0.469 e. The van der Waals surface area contributed by atoms with Crippen molar-refractivity contribution in [1.82, 2.24) is 0 Å². The summed E-state index contributed by atoms with van der Waals surface area (Å²) < 4.78 is 23.6. The Morgan fingerprint density at radius 2 is 0.766 bits per heavy atom. The molecule has 0 aliphatic heterocycles. The predicted molar refractivity (Wildman–Crippen MR) is 265 cm³/mol. The molecule has 0 saturated heterocycles. The lowest BCUT2D eigenvalue weighted by atomic mass is 9.51. The van der Waals surface area contributed by atoms with Crippen molar-refractivity contribution in [2.24, 2.45) is 94.7 Å². The van der Waals surface area contributed by atoms with Gasteiger partial charge in [0, 0.05) is 13.2 Å². The monoisotopic (exact) mass is 897 g/mol. The molecule has 6 heteroatoms. The van der Waals surface area contributed by atoms with E-state index in [0.717, 1.165) is 148 Å². The molecule has 18 atom stereocenters. The first kappa shape index (κ1) is 53.8. The van der Waals surface area contributed by atoms with Crippen molar-refractivity contribution in [3.63, 3.8) is 0 Å². The third-order valence-electron chi connectivity index (χ3n) is 19.4. The topological polar surface area (TPSA) is 71.1 Å². The minimum absolute atomic E-state index is 0.0116. The normalized spacial score (nSPS) is 39.6. The van der Waals surface area contributed by atoms with Crippen LogP contribution in [0.3, 0.4) is 0 Å². The molecule has 0 N–H and O–H groups in total. The van der Waals surface area contributed by atoms with E-state index in [1.807, 2.05) is 0 Å². The van der Waals surface area contributed by atoms with Gasteiger partial charge < -0.3 is 18.9 Å². The van der Waals surface area contributed by atoms with Gasteiger partial charge in [0.25, 0.3) is 0 Å². The van der Waals surface area contributed by atoms with Gasteiger partial charge in [0.05, 0.1) is 38.3 Å². The van der Waals surface area contributed by atoms with Gasteiger partial charge >= 0.3 is 11.9 Å². The van der Waals surface area contributed by atoms with Crippen molar-refractivity contribution in [3.8, 4) is 0 Å². The average molecular weight is 897 g/mol. The van der Waals surface area contributed by atoms with Crippen LogP contribution >= 0.6 is 0 Å². The average Bonchev–Trinajstić information content (AvgIpc) is 3.30. The van der Waals surface area contributed by atoms with Crippen molar-refractivity contribution < 1.29 is 28.5 Å². The zero-order chi connectivity index (χ0) is 46.2. The van der Waals surface area contributed by atoms with Gasteiger partial charge in [-0.25, -0.2) is 0 Å². The van der Waals surface area contributed by atoms with Crippen LogP contribution in [0.25, 0.3) is 0 Å². The molecule has 0 radical (unpaired) electrons. The highest BCUT2D eigenvalue weighted by Crippen LogP contribution is 2.58. The molecule has 0 aromatic rings. The first-order valence-electron chi connectivity index (χ1n) is 28.4. The Labute approximate surface area is 395 Å². The summed E-state index contributed by atoms with van der Waals surface area (Å²) in [5.41, 5.74) is 0. The van der Waals surface area contributed by atoms with Crippen LogP contribution in [0.15, 0.2) is 0 Å². The Morgan fingerprint density at radius 1 is 0.406 bits per heavy atom. The SMILES string of the molecule is CCCCCCC1CC(C2CC(C)C(C3CCC(C(=O)OC)C(OCCCC)C3)CC2C)C(CCCCCC)CC1C1CC(C)C(C2CCC(C(=O)OC)C(OCCCC)C2)CC1C. The molecule has 0 spiro atoms. The summed E-state index contributed by atoms with van der Waals surface area (Å²) >= 11 is 0. The van der Waals surface area contributed by atoms with E-state index in [1.165, 1.54) is 103 Å². The highest BCUT2D eigenvalue weighted by atomic mass is 16.5. The second-order valence-electron chi connectivity index (χ2n) is 23.5. The molecule has 0 bridgehead atoms. The highest BCUT2D eigenvalue weighted by Gasteiger charge is 2.51. The van der Waals surface area contributed by atoms with E-state index in [1.54, 1.807) is 14.2 Å². The number of hydrogen-bond donors (Lipinski definition) is 0. The van der Waals surface area contributed by atoms with Crippen LogP contribution in [0.1, 0.15) is 222 Å². The molecule has 0 aromatic carbocycles. The molecular weight excluding hydrogens is 793 g/mol. The second-order valence-corrected chi connectivity index (χ2v) is 23.5. The van der Waals surface area contributed by atoms with E-state index in [0.29, 0.717) is 11.8 Å². The van der Waals surface area contributed by atoms with Crippen LogP contribution in [-0.4, -0.2) is 51.6 Å². The summed E-state index contributed by atoms with van der Waals surface area (Å²) in [5, 5.41) is 0. The number of carbonyl (C=O) groups excluding carboxylic acids is 2. The van der Waals surface area contributed by atoms with E-state index < -0.39 is 0 Å². The third kappa shape index (κ3) is 14.4. The summed E-state index contributed by atoms with van der Waals surface area (Å²) in [5.74, 6) is 10.6. The van der Waals surface area contributed by atoms with Gasteiger partial charge in [0.2, 0.25) is 0 Å². The quantitative estimate of drug-likeness (QED) is 0.0710. The maximum atomic E-state index is 12.9. The van der Waals surface area contributed by atoms with E-state index in [-0.39, 0.29) is 36.0 Å². The van der Waals surface area contributed by atoms with Crippen LogP contribution < -0.4 is 0 Å². The molecular formula is C58H104O6. The molecule has 18 unspecified atom stereocenters. The summed E-state index contributed by atoms with van der Waals surface area (Å²) in [6.07, 6.45) is 33.0. The molecule has 0 amide bonds. The Bertz CT molecular complexity index is 1220. The molecule has 5 rings (SSSR count). The number of carbonyl (C=O) groups is 2. The van der Waals surface area contributed by atoms with Crippen molar-refractivity contribution in [2.75, 3.05) is 27.4 Å². The molecule has 5 saturated carbocycles. The lowest BCUT2D eigenvalue weighted by Gasteiger charge is -2.55. The fourth-order valence-electron chi connectivity index (χ4n) is 15.7. The van der Waals surface area contributed by atoms with Crippen LogP contribution in [0.2, 0.25) is 0 Å². The molecule has 5 aliphatic rings. The molecule has 5 aliphatic carbocycles. The Balaban J connectivity index is 1.32. The van der Waals surface area contributed by atoms with Gasteiger partial charge in [0.15, 0.2) is 0 Å². The first-order valence-corrected chi connectivity index (χ1v) is 28.4. The van der Waals surface area contributed by atoms with E-state index in [2.05, 4.69) is 55.4 Å². The summed E-state index contributed by atoms with van der Waals surface area (Å²) in [7, 11) is 3.10. The zero-order valence-corrected chi connectivity index (χ0v) is 43.6. The number of methoxy groups -OCH3 is 2. The standard InChI is InChI=1S/C58H104O6/c1-11-15-19-21-23-43-35-54(52-34-40(6)50(32-42(52)8)46-26-28-48(58(60)62-10)56(38-46)64-30-18-14-4)44(24-22-20-16-12-2)36-53(43)51-33-39(5)49(31-41(51)7)45-25-27-47(57(59)61-9)55(37-45)63-29-17-13-3/h39-56H,11-38H2,1-10H3. The number of hydrogen-bond acceptors (Lipinski definition) is 6. The minimum Gasteiger partial charge on any atom is -0.469 e. The van der Waals surface area contributed by atoms with Crippen LogP contribution in [0, 0.1) is 94.7 Å². The van der Waals surface area contributed by atoms with Gasteiger partial charge in [-0.15, -0.1) is 0 Å². The Morgan fingerprint density at radius 3 is 1.12 bits per heavy atom. The lowest BCUT2D eigenvalue weighted by Crippen LogP contribution is -2.47. The maximum Gasteiger partial charge on any atom is 0.311 e. The van der Waals surface area contributed by atoms with Crippen LogP contribution in [0.5, 0.6) is 0 Å². The van der Waals surface area contributed by atoms with Crippen molar-refractivity contribution in [2.45, 2.75) is 235 Å². The summed E-state index contributed by atoms with van der Waals surface area (Å²) in [4.78, 5) is 25.8. The van der Waals surface area contributed by atoms with Crippen molar-refractivity contribution in [1.29, 1.82) is 0 Å². The third-order valence-corrected chi connectivity index (χ3v) is 19.4. The number of esters is 2. The zero-order valence-electron chi connectivity index (χ0n) is 43.6. The molecule has 64 heavy (non-hydrogen) atoms. The minimum atomic E-state index is -0.101. The van der Waals surface area contributed by atoms with Crippen molar-refractivity contribution in [3.05, 3.63) is 0 Å². The fraction of sp³-hybridized carbons (Fsp3) is 0.966. The lowest BCUT2D eigenvalue weighted by molar-refractivity contribution is -0.157. The smallest absolute Gasteiger partial charge is 0.311 e. The molecule has 5 fully saturated rings. The van der Waals surface area contributed by atoms with Gasteiger partial charge in [-0.3, -0.25) is 9.59 Å². The Hall–Kier alpha value is -1.14. The predicted octanol–water partition coefficient (Wildman–Crippen LogP) is 15.3. The van der Waals surface area contributed by atoms with E-state index >= 15 is 0 Å². The summed E-state index contributed by atoms with van der Waals surface area (Å²) in [6, 6.07) is 0. The van der Waals surface area contributed by atoms with Crippen LogP contribution in [0.4, 0.5) is 0 Å². The number of unbranched alkanes of at least 4 members (excludes halogenated alkanes) is 8. The fourth-order valence-corrected chi connectivity index (χ4v) is 15.7. The number of ether oxygens (including phenoxy) is 4. The van der Waals surface area contributed by atoms with Crippen LogP contribution in [-0.2, 0) is 28.5 Å². The molecule has 372 valence electrons. The van der Waals surface area contributed by atoms with Gasteiger partial charge in [-0.1, -0.05) is 132 Å². The van der Waals surface area contributed by atoms with Gasteiger partial charge in [-0.2, -0.15) is 0 Å². The first-order chi connectivity index (χ1) is 31.0. The van der Waals surface area contributed by atoms with Crippen molar-refractivity contribution >= 4 is 11.9 Å². The molecule has 0 heterocycles. The van der Waals surface area contributed by atoms with Gasteiger partial charge in [-0.05, 0) is 173 Å². The Kier molecular flexibility index (Phi) is 23.3. The van der Waals surface area contributed by atoms with E-state index in [4.69, 9.17) is 18.9 Å². The molecule has 0 aromatic heterocycles. The van der Waals surface area contributed by atoms with E-state index in [9.17, 15) is 9.59 Å². The van der Waals surface area contributed by atoms with Gasteiger partial charge in [0.1, 0.15) is 0 Å². The number of rotatable bonds is 24. The highest BCUT2D eigenvalue weighted by molar-refractivity contribution is 5.73. The molecule has 6 nitrogen and oxygen atoms in total.